The van der Waals surface area contributed by atoms with E-state index in [1.807, 2.05) is 25.1 Å². The van der Waals surface area contributed by atoms with Crippen molar-refractivity contribution in [3.63, 3.8) is 0 Å². The Morgan fingerprint density at radius 3 is 2.38 bits per heavy atom. The summed E-state index contributed by atoms with van der Waals surface area (Å²) in [6.45, 7) is 9.00. The number of hydrogen-bond donors (Lipinski definition) is 2. The average molecular weight is 528 g/mol. The lowest BCUT2D eigenvalue weighted by molar-refractivity contribution is -0.140. The van der Waals surface area contributed by atoms with E-state index >= 15 is 0 Å². The van der Waals surface area contributed by atoms with Crippen LogP contribution in [0.3, 0.4) is 0 Å². The lowest BCUT2D eigenvalue weighted by Gasteiger charge is -2.30. The van der Waals surface area contributed by atoms with Crippen molar-refractivity contribution in [3.8, 4) is 17.2 Å². The summed E-state index contributed by atoms with van der Waals surface area (Å²) < 4.78 is 11.4. The summed E-state index contributed by atoms with van der Waals surface area (Å²) >= 11 is 0. The van der Waals surface area contributed by atoms with E-state index in [1.54, 1.807) is 0 Å². The Labute approximate surface area is 225 Å². The molecule has 3 aromatic rings. The molecule has 39 heavy (non-hydrogen) atoms. The fraction of sp³-hybridized carbons (Fsp3) is 0.290. The Balaban J connectivity index is 1.60. The number of hydrogen-bond acceptors (Lipinski definition) is 7. The molecule has 1 unspecified atom stereocenters. The van der Waals surface area contributed by atoms with Crippen LogP contribution in [0.25, 0.3) is 10.8 Å². The Morgan fingerprint density at radius 1 is 1.08 bits per heavy atom. The fourth-order valence-electron chi connectivity index (χ4n) is 5.82. The van der Waals surface area contributed by atoms with E-state index in [9.17, 15) is 24.3 Å². The summed E-state index contributed by atoms with van der Waals surface area (Å²) in [6, 6.07) is 9.24. The molecule has 5 rings (SSSR count). The van der Waals surface area contributed by atoms with Crippen LogP contribution in [0.15, 0.2) is 42.2 Å². The van der Waals surface area contributed by atoms with Crippen LogP contribution in [0.4, 0.5) is 0 Å². The van der Waals surface area contributed by atoms with Gasteiger partial charge in [0.15, 0.2) is 17.3 Å². The first kappa shape index (κ1) is 26.2. The van der Waals surface area contributed by atoms with Gasteiger partial charge in [-0.1, -0.05) is 24.3 Å². The van der Waals surface area contributed by atoms with E-state index in [0.29, 0.717) is 0 Å². The standard InChI is InChI=1S/C31H29NO7/c1-14-15(2)18-9-7-8-10-19(18)20(16(14)3)13-32-30(37)26-23(38-6)11-22(35)27-28(26)39-24-12-21(34)25(17(4)33)29(36)31(24,27)5/h7-12,25,35H,13H2,1-6H3,(H,32,37)/t25?,31-/m1/s1. The second kappa shape index (κ2) is 9.08. The summed E-state index contributed by atoms with van der Waals surface area (Å²) in [5.41, 5.74) is 2.72. The molecule has 1 aliphatic heterocycles. The van der Waals surface area contributed by atoms with E-state index in [0.717, 1.165) is 33.5 Å². The molecule has 0 fully saturated rings. The molecule has 0 radical (unpaired) electrons. The SMILES string of the molecule is COc1cc(O)c2c(c1C(=O)NCc1c(C)c(C)c(C)c3ccccc13)OC1=CC(=O)C(C(C)=O)C(=O)[C@]12C. The first-order valence-corrected chi connectivity index (χ1v) is 12.6. The number of ketones is 3. The Hall–Kier alpha value is -4.46. The van der Waals surface area contributed by atoms with Crippen LogP contribution in [0.5, 0.6) is 17.2 Å². The van der Waals surface area contributed by atoms with Crippen molar-refractivity contribution in [3.05, 3.63) is 75.5 Å². The zero-order chi connectivity index (χ0) is 28.4. The molecule has 0 saturated heterocycles. The molecule has 2 aliphatic rings. The maximum Gasteiger partial charge on any atom is 0.259 e. The topological polar surface area (TPSA) is 119 Å². The summed E-state index contributed by atoms with van der Waals surface area (Å²) in [7, 11) is 1.35. The van der Waals surface area contributed by atoms with Crippen LogP contribution in [-0.2, 0) is 26.3 Å². The smallest absolute Gasteiger partial charge is 0.259 e. The summed E-state index contributed by atoms with van der Waals surface area (Å²) in [5, 5.41) is 16.0. The highest BCUT2D eigenvalue weighted by atomic mass is 16.5. The summed E-state index contributed by atoms with van der Waals surface area (Å²) in [4.78, 5) is 51.9. The first-order chi connectivity index (χ1) is 18.4. The van der Waals surface area contributed by atoms with Crippen molar-refractivity contribution in [1.82, 2.24) is 5.32 Å². The minimum absolute atomic E-state index is 0.0211. The molecule has 200 valence electrons. The molecule has 1 amide bonds. The number of rotatable bonds is 5. The van der Waals surface area contributed by atoms with Gasteiger partial charge in [-0.25, -0.2) is 0 Å². The maximum atomic E-state index is 13.7. The lowest BCUT2D eigenvalue weighted by atomic mass is 9.67. The van der Waals surface area contributed by atoms with Crippen LogP contribution in [0, 0.1) is 26.7 Å². The molecule has 8 heteroatoms. The number of phenolic OH excluding ortho intramolecular Hbond substituents is 1. The average Bonchev–Trinajstić information content (AvgIpc) is 3.20. The molecule has 3 aromatic carbocycles. The highest BCUT2D eigenvalue weighted by Gasteiger charge is 2.58. The summed E-state index contributed by atoms with van der Waals surface area (Å²) in [6.07, 6.45) is 1.10. The van der Waals surface area contributed by atoms with Gasteiger partial charge in [0.25, 0.3) is 5.91 Å². The van der Waals surface area contributed by atoms with Gasteiger partial charge in [0.1, 0.15) is 39.9 Å². The van der Waals surface area contributed by atoms with Gasteiger partial charge in [0.2, 0.25) is 0 Å². The monoisotopic (exact) mass is 527 g/mol. The van der Waals surface area contributed by atoms with Gasteiger partial charge in [0, 0.05) is 18.7 Å². The molecule has 0 spiro atoms. The number of nitrogens with one attached hydrogen (secondary N) is 1. The molecular formula is C31H29NO7. The maximum absolute atomic E-state index is 13.7. The predicted molar refractivity (Wildman–Crippen MR) is 144 cm³/mol. The van der Waals surface area contributed by atoms with Gasteiger partial charge >= 0.3 is 0 Å². The zero-order valence-electron chi connectivity index (χ0n) is 22.6. The van der Waals surface area contributed by atoms with E-state index in [1.165, 1.54) is 32.6 Å². The number of phenols is 1. The Morgan fingerprint density at radius 2 is 1.74 bits per heavy atom. The molecule has 2 N–H and O–H groups in total. The minimum atomic E-state index is -1.62. The highest BCUT2D eigenvalue weighted by Crippen LogP contribution is 2.56. The molecular weight excluding hydrogens is 498 g/mol. The van der Waals surface area contributed by atoms with Crippen molar-refractivity contribution in [2.45, 2.75) is 46.6 Å². The zero-order valence-corrected chi connectivity index (χ0v) is 22.6. The van der Waals surface area contributed by atoms with Crippen molar-refractivity contribution < 1.29 is 33.8 Å². The normalized spacial score (nSPS) is 19.7. The predicted octanol–water partition coefficient (Wildman–Crippen LogP) is 4.30. The van der Waals surface area contributed by atoms with Crippen LogP contribution >= 0.6 is 0 Å². The van der Waals surface area contributed by atoms with Crippen molar-refractivity contribution >= 4 is 34.0 Å². The number of fused-ring (bicyclic) bond motifs is 4. The van der Waals surface area contributed by atoms with Crippen LogP contribution in [0.1, 0.15) is 52.0 Å². The van der Waals surface area contributed by atoms with Crippen LogP contribution in [-0.4, -0.2) is 35.5 Å². The number of ether oxygens (including phenoxy) is 2. The Kier molecular flexibility index (Phi) is 6.09. The van der Waals surface area contributed by atoms with E-state index in [2.05, 4.69) is 25.2 Å². The third-order valence-corrected chi connectivity index (χ3v) is 8.26. The van der Waals surface area contributed by atoms with E-state index in [4.69, 9.17) is 9.47 Å². The molecule has 0 bridgehead atoms. The second-order valence-corrected chi connectivity index (χ2v) is 10.3. The van der Waals surface area contributed by atoms with Crippen molar-refractivity contribution in [2.24, 2.45) is 5.92 Å². The molecule has 2 atom stereocenters. The van der Waals surface area contributed by atoms with Gasteiger partial charge in [-0.05, 0) is 67.6 Å². The largest absolute Gasteiger partial charge is 0.507 e. The van der Waals surface area contributed by atoms with E-state index in [-0.39, 0.29) is 40.7 Å². The number of allylic oxidation sites excluding steroid dienone is 2. The van der Waals surface area contributed by atoms with Gasteiger partial charge in [-0.2, -0.15) is 0 Å². The van der Waals surface area contributed by atoms with Gasteiger partial charge in [0.05, 0.1) is 12.7 Å². The molecule has 1 heterocycles. The van der Waals surface area contributed by atoms with Crippen molar-refractivity contribution in [1.29, 1.82) is 0 Å². The first-order valence-electron chi connectivity index (χ1n) is 12.6. The number of aryl methyl sites for hydroxylation is 1. The third kappa shape index (κ3) is 3.66. The number of amides is 1. The fourth-order valence-corrected chi connectivity index (χ4v) is 5.82. The molecule has 1 aliphatic carbocycles. The van der Waals surface area contributed by atoms with Crippen LogP contribution < -0.4 is 14.8 Å². The third-order valence-electron chi connectivity index (χ3n) is 8.26. The number of carbonyl (C=O) groups excluding carboxylic acids is 4. The number of benzene rings is 3. The minimum Gasteiger partial charge on any atom is -0.507 e. The van der Waals surface area contributed by atoms with Gasteiger partial charge in [-0.15, -0.1) is 0 Å². The molecule has 0 saturated carbocycles. The Bertz CT molecular complexity index is 1670. The molecule has 0 aromatic heterocycles. The summed E-state index contributed by atoms with van der Waals surface area (Å²) in [5.74, 6) is -4.48. The van der Waals surface area contributed by atoms with E-state index < -0.39 is 34.6 Å². The van der Waals surface area contributed by atoms with Gasteiger partial charge in [-0.3, -0.25) is 19.2 Å². The van der Waals surface area contributed by atoms with Gasteiger partial charge < -0.3 is 19.9 Å². The van der Waals surface area contributed by atoms with Crippen LogP contribution in [0.2, 0.25) is 0 Å². The number of Topliss-reactive ketones (excluding diaryl/α,β-unsaturated/α-hetero) is 2. The second-order valence-electron chi connectivity index (χ2n) is 10.3. The number of methoxy groups -OCH3 is 1. The highest BCUT2D eigenvalue weighted by molar-refractivity contribution is 6.27. The lowest BCUT2D eigenvalue weighted by Crippen LogP contribution is -2.47. The number of carbonyl (C=O) groups is 4. The van der Waals surface area contributed by atoms with Crippen molar-refractivity contribution in [2.75, 3.05) is 7.11 Å². The molecule has 8 nitrogen and oxygen atoms in total. The number of aromatic hydroxyl groups is 1. The quantitative estimate of drug-likeness (QED) is 0.475.